The van der Waals surface area contributed by atoms with Gasteiger partial charge in [-0.25, -0.2) is 9.97 Å². The van der Waals surface area contributed by atoms with E-state index in [0.717, 1.165) is 60.9 Å². The quantitative estimate of drug-likeness (QED) is 0.400. The number of nitrogens with two attached hydrogens (primary N) is 1. The van der Waals surface area contributed by atoms with Crippen LogP contribution in [0.4, 0.5) is 5.95 Å². The number of anilines is 1. The summed E-state index contributed by atoms with van der Waals surface area (Å²) in [4.78, 5) is 32.1. The maximum Gasteiger partial charge on any atom is 0.260 e. The van der Waals surface area contributed by atoms with Crippen molar-refractivity contribution in [3.05, 3.63) is 63.9 Å². The smallest absolute Gasteiger partial charge is 0.260 e. The van der Waals surface area contributed by atoms with Crippen LogP contribution in [-0.4, -0.2) is 36.6 Å². The number of aromatic nitrogens is 5. The summed E-state index contributed by atoms with van der Waals surface area (Å²) in [5.41, 5.74) is 10.4. The first-order valence-electron chi connectivity index (χ1n) is 12.5. The zero-order valence-electron chi connectivity index (χ0n) is 20.1. The first kappa shape index (κ1) is 23.1. The second-order valence-electron chi connectivity index (χ2n) is 9.93. The van der Waals surface area contributed by atoms with Crippen LogP contribution in [0.5, 0.6) is 0 Å². The van der Waals surface area contributed by atoms with Gasteiger partial charge in [0, 0.05) is 57.6 Å². The highest BCUT2D eigenvalue weighted by molar-refractivity contribution is 6.33. The van der Waals surface area contributed by atoms with Crippen molar-refractivity contribution in [1.29, 1.82) is 0 Å². The van der Waals surface area contributed by atoms with Gasteiger partial charge in [-0.15, -0.1) is 0 Å². The number of halogens is 1. The minimum absolute atomic E-state index is 0.0315. The number of hydrogen-bond donors (Lipinski definition) is 2. The topological polar surface area (TPSA) is 112 Å². The van der Waals surface area contributed by atoms with Gasteiger partial charge in [0.1, 0.15) is 5.65 Å². The van der Waals surface area contributed by atoms with Crippen LogP contribution < -0.4 is 16.6 Å². The number of rotatable bonds is 5. The lowest BCUT2D eigenvalue weighted by Gasteiger charge is -2.29. The molecule has 0 aliphatic heterocycles. The number of nitrogens with one attached hydrogen (secondary N) is 1. The zero-order chi connectivity index (χ0) is 24.8. The molecule has 0 amide bonds. The Morgan fingerprint density at radius 2 is 1.81 bits per heavy atom. The summed E-state index contributed by atoms with van der Waals surface area (Å²) in [7, 11) is 0. The van der Waals surface area contributed by atoms with E-state index < -0.39 is 0 Å². The molecule has 2 aliphatic carbocycles. The molecule has 184 valence electrons. The summed E-state index contributed by atoms with van der Waals surface area (Å²) in [5.74, 6) is 0.570. The molecular formula is C27H28ClN7O. The van der Waals surface area contributed by atoms with Gasteiger partial charge < -0.3 is 11.1 Å². The largest absolute Gasteiger partial charge is 0.351 e. The average Bonchev–Trinajstić information content (AvgIpc) is 3.69. The van der Waals surface area contributed by atoms with E-state index in [1.165, 1.54) is 0 Å². The normalized spacial score (nSPS) is 20.0. The van der Waals surface area contributed by atoms with E-state index in [-0.39, 0.29) is 17.6 Å². The van der Waals surface area contributed by atoms with E-state index >= 15 is 0 Å². The Bertz CT molecular complexity index is 1510. The summed E-state index contributed by atoms with van der Waals surface area (Å²) >= 11 is 6.77. The van der Waals surface area contributed by atoms with Gasteiger partial charge in [0.15, 0.2) is 0 Å². The fraction of sp³-hybridized carbons (Fsp3) is 0.370. The molecule has 4 aromatic rings. The predicted molar refractivity (Wildman–Crippen MR) is 142 cm³/mol. The highest BCUT2D eigenvalue weighted by atomic mass is 35.5. The number of benzene rings is 1. The first-order valence-corrected chi connectivity index (χ1v) is 12.9. The van der Waals surface area contributed by atoms with Crippen molar-refractivity contribution >= 4 is 28.6 Å². The lowest BCUT2D eigenvalue weighted by molar-refractivity contribution is 0.324. The van der Waals surface area contributed by atoms with Crippen molar-refractivity contribution < 1.29 is 0 Å². The van der Waals surface area contributed by atoms with Gasteiger partial charge in [-0.05, 0) is 57.6 Å². The van der Waals surface area contributed by atoms with Crippen molar-refractivity contribution in [1.82, 2.24) is 24.5 Å². The van der Waals surface area contributed by atoms with Crippen molar-refractivity contribution in [2.45, 2.75) is 63.6 Å². The van der Waals surface area contributed by atoms with Crippen molar-refractivity contribution in [3.8, 4) is 22.4 Å². The van der Waals surface area contributed by atoms with Crippen molar-refractivity contribution in [2.24, 2.45) is 5.73 Å². The second-order valence-corrected chi connectivity index (χ2v) is 10.3. The highest BCUT2D eigenvalue weighted by Crippen LogP contribution is 2.34. The molecule has 6 rings (SSSR count). The minimum atomic E-state index is -0.0935. The van der Waals surface area contributed by atoms with Crippen molar-refractivity contribution in [2.75, 3.05) is 5.32 Å². The Labute approximate surface area is 214 Å². The maximum atomic E-state index is 14.0. The summed E-state index contributed by atoms with van der Waals surface area (Å²) in [5, 5.41) is 4.65. The van der Waals surface area contributed by atoms with E-state index in [2.05, 4.69) is 20.3 Å². The summed E-state index contributed by atoms with van der Waals surface area (Å²) in [6, 6.07) is 8.14. The van der Waals surface area contributed by atoms with Gasteiger partial charge >= 0.3 is 0 Å². The molecule has 8 nitrogen and oxygen atoms in total. The van der Waals surface area contributed by atoms with Crippen LogP contribution in [-0.2, 0) is 0 Å². The molecule has 3 heterocycles. The Morgan fingerprint density at radius 1 is 1.00 bits per heavy atom. The van der Waals surface area contributed by atoms with Crippen LogP contribution in [0, 0.1) is 6.92 Å². The molecule has 0 bridgehead atoms. The first-order chi connectivity index (χ1) is 17.5. The predicted octanol–water partition coefficient (Wildman–Crippen LogP) is 4.89. The molecule has 2 fully saturated rings. The minimum Gasteiger partial charge on any atom is -0.351 e. The van der Waals surface area contributed by atoms with Gasteiger partial charge in [-0.3, -0.25) is 14.3 Å². The highest BCUT2D eigenvalue weighted by Gasteiger charge is 2.26. The Kier molecular flexibility index (Phi) is 5.93. The Hall–Kier alpha value is -3.36. The zero-order valence-corrected chi connectivity index (χ0v) is 20.9. The molecule has 9 heteroatoms. The third-order valence-corrected chi connectivity index (χ3v) is 7.41. The summed E-state index contributed by atoms with van der Waals surface area (Å²) in [6.45, 7) is 1.90. The van der Waals surface area contributed by atoms with Gasteiger partial charge in [0.25, 0.3) is 5.56 Å². The number of nitrogens with zero attached hydrogens (tertiary/aromatic N) is 5. The van der Waals surface area contributed by atoms with Crippen molar-refractivity contribution in [3.63, 3.8) is 0 Å². The number of pyridine rings is 1. The standard InChI is InChI=1S/C27H28ClN7O/c1-15-12-30-14-24(32-15)16-2-9-21(23(28)11-16)22-10-17-13-31-27(33-19-5-6-19)34-25(17)35(26(22)36)20-7-3-18(29)4-8-20/h2,9-14,18-20H,3-8,29H2,1H3,(H,31,33,34)/t18-,20-. The number of hydrogen-bond acceptors (Lipinski definition) is 7. The lowest BCUT2D eigenvalue weighted by atomic mass is 9.91. The average molecular weight is 502 g/mol. The third kappa shape index (κ3) is 4.47. The molecule has 0 unspecified atom stereocenters. The van der Waals surface area contributed by atoms with E-state index in [1.54, 1.807) is 18.6 Å². The van der Waals surface area contributed by atoms with Gasteiger partial charge in [0.2, 0.25) is 5.95 Å². The van der Waals surface area contributed by atoms with E-state index in [0.29, 0.717) is 33.8 Å². The molecule has 0 atom stereocenters. The fourth-order valence-corrected chi connectivity index (χ4v) is 5.27. The second kappa shape index (κ2) is 9.26. The third-order valence-electron chi connectivity index (χ3n) is 7.10. The van der Waals surface area contributed by atoms with Gasteiger partial charge in [-0.2, -0.15) is 4.98 Å². The molecule has 0 spiro atoms. The molecule has 36 heavy (non-hydrogen) atoms. The van der Waals surface area contributed by atoms with E-state index in [4.69, 9.17) is 22.3 Å². The molecule has 3 N–H and O–H groups in total. The molecule has 0 saturated heterocycles. The van der Waals surface area contributed by atoms with Crippen LogP contribution in [0.15, 0.2) is 47.7 Å². The van der Waals surface area contributed by atoms with Crippen LogP contribution in [0.2, 0.25) is 5.02 Å². The number of aryl methyl sites for hydroxylation is 1. The van der Waals surface area contributed by atoms with E-state index in [9.17, 15) is 4.79 Å². The SMILES string of the molecule is Cc1cncc(-c2ccc(-c3cc4cnc(NC5CC5)nc4n([C@H]4CC[C@H](N)CC4)c3=O)c(Cl)c2)n1. The van der Waals surface area contributed by atoms with E-state index in [1.807, 2.05) is 35.8 Å². The van der Waals surface area contributed by atoms with Crippen LogP contribution in [0.1, 0.15) is 50.3 Å². The summed E-state index contributed by atoms with van der Waals surface area (Å²) < 4.78 is 1.85. The monoisotopic (exact) mass is 501 g/mol. The fourth-order valence-electron chi connectivity index (χ4n) is 4.99. The van der Waals surface area contributed by atoms with Crippen LogP contribution >= 0.6 is 11.6 Å². The van der Waals surface area contributed by atoms with Gasteiger partial charge in [-0.1, -0.05) is 23.7 Å². The van der Waals surface area contributed by atoms with Gasteiger partial charge in [0.05, 0.1) is 17.6 Å². The Balaban J connectivity index is 1.48. The maximum absolute atomic E-state index is 14.0. The molecule has 3 aromatic heterocycles. The molecular weight excluding hydrogens is 474 g/mol. The van der Waals surface area contributed by atoms with Crippen LogP contribution in [0.25, 0.3) is 33.4 Å². The molecule has 0 radical (unpaired) electrons. The number of fused-ring (bicyclic) bond motifs is 1. The molecule has 1 aromatic carbocycles. The molecule has 2 saturated carbocycles. The lowest BCUT2D eigenvalue weighted by Crippen LogP contribution is -2.33. The molecule has 2 aliphatic rings. The van der Waals surface area contributed by atoms with Crippen LogP contribution in [0.3, 0.4) is 0 Å². The Morgan fingerprint density at radius 3 is 2.53 bits per heavy atom. The summed E-state index contributed by atoms with van der Waals surface area (Å²) in [6.07, 6.45) is 10.9.